The Kier molecular flexibility index (Phi) is 5.47. The lowest BCUT2D eigenvalue weighted by Crippen LogP contribution is -2.38. The lowest BCUT2D eigenvalue weighted by atomic mass is 10.1. The molecule has 1 aliphatic heterocycles. The van der Waals surface area contributed by atoms with Gasteiger partial charge in [-0.15, -0.1) is 0 Å². The number of aryl methyl sites for hydroxylation is 2. The van der Waals surface area contributed by atoms with Crippen molar-refractivity contribution in [2.24, 2.45) is 0 Å². The molecule has 0 spiro atoms. The maximum atomic E-state index is 12.9. The first-order valence-electron chi connectivity index (χ1n) is 10.3. The van der Waals surface area contributed by atoms with Crippen molar-refractivity contribution >= 4 is 16.9 Å². The molecule has 3 heterocycles. The molecule has 7 nitrogen and oxygen atoms in total. The molecule has 29 heavy (non-hydrogen) atoms. The normalized spacial score (nSPS) is 15.3. The van der Waals surface area contributed by atoms with Gasteiger partial charge in [0.2, 0.25) is 5.91 Å². The molecular weight excluding hydrogens is 366 g/mol. The number of fused-ring (bicyclic) bond motifs is 1. The lowest BCUT2D eigenvalue weighted by molar-refractivity contribution is -0.132. The zero-order valence-electron chi connectivity index (χ0n) is 17.1. The number of carbonyl (C=O) groups excluding carboxylic acids is 1. The fraction of sp³-hybridized carbons (Fsp3) is 0.455. The quantitative estimate of drug-likeness (QED) is 0.686. The van der Waals surface area contributed by atoms with E-state index in [2.05, 4.69) is 16.1 Å². The van der Waals surface area contributed by atoms with Crippen molar-refractivity contribution in [1.82, 2.24) is 24.2 Å². The fourth-order valence-electron chi connectivity index (χ4n) is 4.07. The molecule has 1 fully saturated rings. The van der Waals surface area contributed by atoms with Crippen LogP contribution in [0.3, 0.4) is 0 Å². The van der Waals surface area contributed by atoms with E-state index in [9.17, 15) is 9.59 Å². The van der Waals surface area contributed by atoms with Crippen LogP contribution >= 0.6 is 0 Å². The summed E-state index contributed by atoms with van der Waals surface area (Å²) < 4.78 is 3.08. The topological polar surface area (TPSA) is 73.0 Å². The summed E-state index contributed by atoms with van der Waals surface area (Å²) in [6, 6.07) is 6.11. The molecule has 3 aromatic rings. The molecule has 7 heteroatoms. The summed E-state index contributed by atoms with van der Waals surface area (Å²) in [5.74, 6) is -0.0168. The number of aromatic nitrogens is 4. The SMILES string of the molecule is Cc1cc(C)cc(-n2ncc3c(=O)n(CC(=O)N4CCCCCCC4)cnc32)c1. The van der Waals surface area contributed by atoms with E-state index in [0.29, 0.717) is 11.0 Å². The van der Waals surface area contributed by atoms with Crippen molar-refractivity contribution < 1.29 is 4.79 Å². The second-order valence-corrected chi connectivity index (χ2v) is 7.97. The molecule has 0 unspecified atom stereocenters. The van der Waals surface area contributed by atoms with Crippen molar-refractivity contribution in [2.45, 2.75) is 52.5 Å². The molecule has 0 atom stereocenters. The van der Waals surface area contributed by atoms with Crippen molar-refractivity contribution in [1.29, 1.82) is 0 Å². The number of carbonyl (C=O) groups is 1. The van der Waals surface area contributed by atoms with E-state index in [4.69, 9.17) is 0 Å². The Morgan fingerprint density at radius 3 is 2.34 bits per heavy atom. The average Bonchev–Trinajstić information content (AvgIpc) is 3.07. The Balaban J connectivity index is 1.61. The molecule has 4 rings (SSSR count). The van der Waals surface area contributed by atoms with Gasteiger partial charge in [-0.1, -0.05) is 25.3 Å². The van der Waals surface area contributed by atoms with Crippen LogP contribution in [0.15, 0.2) is 35.5 Å². The van der Waals surface area contributed by atoms with E-state index in [-0.39, 0.29) is 18.0 Å². The van der Waals surface area contributed by atoms with Crippen LogP contribution in [0.4, 0.5) is 0 Å². The first-order valence-corrected chi connectivity index (χ1v) is 10.3. The monoisotopic (exact) mass is 393 g/mol. The van der Waals surface area contributed by atoms with Gasteiger partial charge < -0.3 is 4.90 Å². The summed E-state index contributed by atoms with van der Waals surface area (Å²) >= 11 is 0. The summed E-state index contributed by atoms with van der Waals surface area (Å²) in [7, 11) is 0. The molecule has 0 aliphatic carbocycles. The third kappa shape index (κ3) is 4.09. The number of hydrogen-bond donors (Lipinski definition) is 0. The molecular formula is C22H27N5O2. The highest BCUT2D eigenvalue weighted by Crippen LogP contribution is 2.17. The Labute approximate surface area is 170 Å². The van der Waals surface area contributed by atoms with Crippen LogP contribution in [0.5, 0.6) is 0 Å². The maximum Gasteiger partial charge on any atom is 0.264 e. The third-order valence-electron chi connectivity index (χ3n) is 5.52. The number of benzene rings is 1. The second kappa shape index (κ2) is 8.19. The number of rotatable bonds is 3. The smallest absolute Gasteiger partial charge is 0.264 e. The zero-order valence-corrected chi connectivity index (χ0v) is 17.1. The number of likely N-dealkylation sites (tertiary alicyclic amines) is 1. The Bertz CT molecular complexity index is 1070. The highest BCUT2D eigenvalue weighted by Gasteiger charge is 2.18. The Morgan fingerprint density at radius 2 is 1.66 bits per heavy atom. The Hall–Kier alpha value is -2.96. The summed E-state index contributed by atoms with van der Waals surface area (Å²) in [6.45, 7) is 5.62. The molecule has 1 saturated heterocycles. The highest BCUT2D eigenvalue weighted by molar-refractivity contribution is 5.78. The lowest BCUT2D eigenvalue weighted by Gasteiger charge is -2.25. The standard InChI is InChI=1S/C22H27N5O2/c1-16-10-17(2)12-18(11-16)27-21-19(13-24-27)22(29)26(15-23-21)14-20(28)25-8-6-4-3-5-7-9-25/h10-13,15H,3-9,14H2,1-2H3. The first kappa shape index (κ1) is 19.4. The van der Waals surface area contributed by atoms with Crippen LogP contribution in [0.25, 0.3) is 16.7 Å². The predicted octanol–water partition coefficient (Wildman–Crippen LogP) is 2.99. The first-order chi connectivity index (χ1) is 14.0. The summed E-state index contributed by atoms with van der Waals surface area (Å²) in [5, 5.41) is 4.81. The molecule has 1 aromatic carbocycles. The molecule has 1 aliphatic rings. The van der Waals surface area contributed by atoms with E-state index in [1.54, 1.807) is 10.9 Å². The number of hydrogen-bond acceptors (Lipinski definition) is 4. The van der Waals surface area contributed by atoms with Gasteiger partial charge in [0.1, 0.15) is 18.3 Å². The molecule has 0 bridgehead atoms. The number of amides is 1. The molecule has 0 radical (unpaired) electrons. The van der Waals surface area contributed by atoms with Gasteiger partial charge in [-0.3, -0.25) is 14.2 Å². The van der Waals surface area contributed by atoms with Gasteiger partial charge in [0.25, 0.3) is 5.56 Å². The van der Waals surface area contributed by atoms with E-state index in [1.165, 1.54) is 17.3 Å². The van der Waals surface area contributed by atoms with Gasteiger partial charge in [0.05, 0.1) is 11.9 Å². The average molecular weight is 393 g/mol. The van der Waals surface area contributed by atoms with Gasteiger partial charge in [-0.05, 0) is 49.9 Å². The van der Waals surface area contributed by atoms with Crippen molar-refractivity contribution in [3.63, 3.8) is 0 Å². The molecule has 0 N–H and O–H groups in total. The predicted molar refractivity (Wildman–Crippen MR) is 112 cm³/mol. The van der Waals surface area contributed by atoms with Gasteiger partial charge in [0.15, 0.2) is 5.65 Å². The third-order valence-corrected chi connectivity index (χ3v) is 5.52. The number of nitrogens with zero attached hydrogens (tertiary/aromatic N) is 5. The van der Waals surface area contributed by atoms with Crippen molar-refractivity contribution in [3.8, 4) is 5.69 Å². The summed E-state index contributed by atoms with van der Waals surface area (Å²) in [5.41, 5.74) is 3.39. The summed E-state index contributed by atoms with van der Waals surface area (Å²) in [6.07, 6.45) is 8.63. The van der Waals surface area contributed by atoms with Gasteiger partial charge in [-0.25, -0.2) is 9.67 Å². The largest absolute Gasteiger partial charge is 0.341 e. The van der Waals surface area contributed by atoms with Crippen molar-refractivity contribution in [3.05, 3.63) is 52.2 Å². The fourth-order valence-corrected chi connectivity index (χ4v) is 4.07. The zero-order chi connectivity index (χ0) is 20.4. The Morgan fingerprint density at radius 1 is 1.00 bits per heavy atom. The van der Waals surface area contributed by atoms with Crippen LogP contribution in [0.1, 0.15) is 43.2 Å². The maximum absolute atomic E-state index is 12.9. The van der Waals surface area contributed by atoms with E-state index < -0.39 is 0 Å². The van der Waals surface area contributed by atoms with Gasteiger partial charge >= 0.3 is 0 Å². The van der Waals surface area contributed by atoms with Crippen LogP contribution in [-0.2, 0) is 11.3 Å². The molecule has 2 aromatic heterocycles. The van der Waals surface area contributed by atoms with E-state index in [1.807, 2.05) is 30.9 Å². The second-order valence-electron chi connectivity index (χ2n) is 7.97. The minimum absolute atomic E-state index is 0.0168. The van der Waals surface area contributed by atoms with E-state index >= 15 is 0 Å². The summed E-state index contributed by atoms with van der Waals surface area (Å²) in [4.78, 5) is 32.0. The van der Waals surface area contributed by atoms with Crippen LogP contribution in [-0.4, -0.2) is 43.2 Å². The van der Waals surface area contributed by atoms with Gasteiger partial charge in [0, 0.05) is 13.1 Å². The molecule has 0 saturated carbocycles. The van der Waals surface area contributed by atoms with Crippen LogP contribution < -0.4 is 5.56 Å². The minimum Gasteiger partial charge on any atom is -0.341 e. The van der Waals surface area contributed by atoms with Crippen LogP contribution in [0.2, 0.25) is 0 Å². The van der Waals surface area contributed by atoms with Crippen LogP contribution in [0, 0.1) is 13.8 Å². The minimum atomic E-state index is -0.231. The van der Waals surface area contributed by atoms with Crippen molar-refractivity contribution in [2.75, 3.05) is 13.1 Å². The van der Waals surface area contributed by atoms with Gasteiger partial charge in [-0.2, -0.15) is 5.10 Å². The molecule has 1 amide bonds. The molecule has 152 valence electrons. The van der Waals surface area contributed by atoms with E-state index in [0.717, 1.165) is 55.6 Å². The highest BCUT2D eigenvalue weighted by atomic mass is 16.2.